The van der Waals surface area contributed by atoms with E-state index in [0.29, 0.717) is 11.5 Å². The van der Waals surface area contributed by atoms with Crippen molar-refractivity contribution in [3.63, 3.8) is 0 Å². The number of hydrogen-bond donors (Lipinski definition) is 1. The van der Waals surface area contributed by atoms with Crippen LogP contribution >= 0.6 is 0 Å². The van der Waals surface area contributed by atoms with Gasteiger partial charge >= 0.3 is 6.01 Å². The van der Waals surface area contributed by atoms with Gasteiger partial charge in [0.2, 0.25) is 11.8 Å². The van der Waals surface area contributed by atoms with E-state index in [9.17, 15) is 4.79 Å². The number of aryl methyl sites for hydroxylation is 2. The first-order valence-corrected chi connectivity index (χ1v) is 6.02. The molecule has 21 heavy (non-hydrogen) atoms. The number of hydrogen-bond acceptors (Lipinski definition) is 5. The number of carbonyl (C=O) groups excluding carboxylic acids is 1. The molecule has 2 heterocycles. The van der Waals surface area contributed by atoms with E-state index in [1.165, 1.54) is 0 Å². The van der Waals surface area contributed by atoms with Crippen LogP contribution in [0.2, 0.25) is 0 Å². The van der Waals surface area contributed by atoms with Gasteiger partial charge in [-0.25, -0.2) is 0 Å². The van der Waals surface area contributed by atoms with Crippen LogP contribution in [0.15, 0.2) is 28.8 Å². The number of carbonyl (C=O) groups is 1. The predicted molar refractivity (Wildman–Crippen MR) is 72.3 cm³/mol. The zero-order valence-corrected chi connectivity index (χ0v) is 14.3. The summed E-state index contributed by atoms with van der Waals surface area (Å²) in [5, 5.41) is 10.8. The van der Waals surface area contributed by atoms with E-state index in [1.54, 1.807) is 19.2 Å². The van der Waals surface area contributed by atoms with E-state index in [1.807, 2.05) is 19.1 Å². The molecule has 0 aliphatic carbocycles. The summed E-state index contributed by atoms with van der Waals surface area (Å²) in [5.41, 5.74) is 2.02. The van der Waals surface area contributed by atoms with Gasteiger partial charge in [0, 0.05) is 34.2 Å². The standard InChI is InChI=1S/C14H11N4O2.W/c1-8-11(6-5-10-4-3-7-15-12(8)10)13(19)16-14-18-17-9(2)20-14;/h3-4,6-7H,1-2H3,(H,16,18,19);/q-1;. The van der Waals surface area contributed by atoms with Gasteiger partial charge < -0.3 is 9.40 Å². The quantitative estimate of drug-likeness (QED) is 0.606. The summed E-state index contributed by atoms with van der Waals surface area (Å²) in [6, 6.07) is 8.49. The van der Waals surface area contributed by atoms with Crippen LogP contribution in [-0.2, 0) is 21.1 Å². The van der Waals surface area contributed by atoms with Gasteiger partial charge in [0.25, 0.3) is 0 Å². The first-order valence-electron chi connectivity index (χ1n) is 6.02. The Kier molecular flexibility index (Phi) is 4.48. The maximum absolute atomic E-state index is 12.2. The largest absolute Gasteiger partial charge is 0.408 e. The molecular formula is C14H11N4O2W-. The zero-order chi connectivity index (χ0) is 14.1. The molecule has 106 valence electrons. The topological polar surface area (TPSA) is 80.9 Å². The second-order valence-corrected chi connectivity index (χ2v) is 4.31. The maximum Gasteiger partial charge on any atom is 0.321 e. The number of amides is 1. The Hall–Kier alpha value is -2.07. The molecule has 0 bridgehead atoms. The molecule has 1 amide bonds. The monoisotopic (exact) mass is 451 g/mol. The van der Waals surface area contributed by atoms with E-state index in [-0.39, 0.29) is 33.0 Å². The van der Waals surface area contributed by atoms with Crippen LogP contribution in [-0.4, -0.2) is 21.1 Å². The van der Waals surface area contributed by atoms with Crippen molar-refractivity contribution in [2.45, 2.75) is 13.8 Å². The summed E-state index contributed by atoms with van der Waals surface area (Å²) in [7, 11) is 0. The number of nitrogens with zero attached hydrogens (tertiary/aromatic N) is 3. The molecule has 1 N–H and O–H groups in total. The average molecular weight is 451 g/mol. The molecule has 0 fully saturated rings. The van der Waals surface area contributed by atoms with E-state index in [0.717, 1.165) is 16.5 Å². The van der Waals surface area contributed by atoms with E-state index in [4.69, 9.17) is 4.42 Å². The zero-order valence-electron chi connectivity index (χ0n) is 11.4. The summed E-state index contributed by atoms with van der Waals surface area (Å²) in [6.07, 6.45) is 1.69. The Balaban J connectivity index is 0.00000161. The number of rotatable bonds is 2. The van der Waals surface area contributed by atoms with Gasteiger partial charge in [-0.15, -0.1) is 28.7 Å². The van der Waals surface area contributed by atoms with Gasteiger partial charge in [-0.05, 0) is 11.1 Å². The van der Waals surface area contributed by atoms with Crippen LogP contribution in [0, 0.1) is 19.9 Å². The molecule has 0 aliphatic rings. The van der Waals surface area contributed by atoms with E-state index in [2.05, 4.69) is 26.6 Å². The average Bonchev–Trinajstić information content (AvgIpc) is 2.84. The summed E-state index contributed by atoms with van der Waals surface area (Å²) in [6.45, 7) is 3.50. The molecular weight excluding hydrogens is 440 g/mol. The Morgan fingerprint density at radius 2 is 2.14 bits per heavy atom. The molecule has 6 nitrogen and oxygen atoms in total. The van der Waals surface area contributed by atoms with Crippen molar-refractivity contribution >= 4 is 22.8 Å². The fourth-order valence-electron chi connectivity index (χ4n) is 1.95. The van der Waals surface area contributed by atoms with E-state index >= 15 is 0 Å². The SMILES string of the molecule is Cc1nnc(NC(=O)c2c[c-]c3cccnc3c2C)o1.[W]. The van der Waals surface area contributed by atoms with Crippen LogP contribution < -0.4 is 5.32 Å². The smallest absolute Gasteiger partial charge is 0.321 e. The number of pyridine rings is 1. The van der Waals surface area contributed by atoms with Gasteiger partial charge in [-0.3, -0.25) is 10.1 Å². The third kappa shape index (κ3) is 3.00. The van der Waals surface area contributed by atoms with Crippen molar-refractivity contribution < 1.29 is 30.3 Å². The molecule has 0 unspecified atom stereocenters. The molecule has 0 saturated carbocycles. The normalized spacial score (nSPS) is 10.2. The second kappa shape index (κ2) is 6.14. The summed E-state index contributed by atoms with van der Waals surface area (Å²) in [5.74, 6) is 0.0683. The maximum atomic E-state index is 12.2. The van der Waals surface area contributed by atoms with E-state index < -0.39 is 0 Å². The minimum Gasteiger partial charge on any atom is -0.408 e. The van der Waals surface area contributed by atoms with Crippen LogP contribution in [0.4, 0.5) is 6.01 Å². The molecule has 0 aliphatic heterocycles. The third-order valence-corrected chi connectivity index (χ3v) is 2.93. The number of anilines is 1. The van der Waals surface area contributed by atoms with Crippen molar-refractivity contribution in [3.05, 3.63) is 47.5 Å². The fraction of sp³-hybridized carbons (Fsp3) is 0.143. The molecule has 0 spiro atoms. The minimum atomic E-state index is -0.324. The Labute approximate surface area is 135 Å². The van der Waals surface area contributed by atoms with Crippen LogP contribution in [0.25, 0.3) is 10.9 Å². The molecule has 1 aromatic carbocycles. The predicted octanol–water partition coefficient (Wildman–Crippen LogP) is 2.28. The molecule has 0 radical (unpaired) electrons. The van der Waals surface area contributed by atoms with Crippen molar-refractivity contribution in [2.75, 3.05) is 5.32 Å². The molecule has 0 atom stereocenters. The van der Waals surface area contributed by atoms with Gasteiger partial charge in [0.15, 0.2) is 0 Å². The first kappa shape index (κ1) is 15.3. The van der Waals surface area contributed by atoms with Crippen molar-refractivity contribution in [3.8, 4) is 0 Å². The van der Waals surface area contributed by atoms with Crippen LogP contribution in [0.3, 0.4) is 0 Å². The molecule has 3 aromatic rings. The minimum absolute atomic E-state index is 0. The van der Waals surface area contributed by atoms with Crippen LogP contribution in [0.1, 0.15) is 21.8 Å². The second-order valence-electron chi connectivity index (χ2n) is 4.31. The summed E-state index contributed by atoms with van der Waals surface area (Å²) in [4.78, 5) is 16.5. The van der Waals surface area contributed by atoms with Crippen LogP contribution in [0.5, 0.6) is 0 Å². The van der Waals surface area contributed by atoms with Gasteiger partial charge in [-0.2, -0.15) is 0 Å². The van der Waals surface area contributed by atoms with Crippen molar-refractivity contribution in [1.29, 1.82) is 0 Å². The summed E-state index contributed by atoms with van der Waals surface area (Å²) >= 11 is 0. The third-order valence-electron chi connectivity index (χ3n) is 2.93. The Morgan fingerprint density at radius 3 is 2.86 bits per heavy atom. The van der Waals surface area contributed by atoms with Gasteiger partial charge in [-0.1, -0.05) is 23.7 Å². The number of aromatic nitrogens is 3. The van der Waals surface area contributed by atoms with Gasteiger partial charge in [0.1, 0.15) is 0 Å². The Bertz CT molecular complexity index is 801. The van der Waals surface area contributed by atoms with Crippen molar-refractivity contribution in [1.82, 2.24) is 15.2 Å². The number of nitrogens with one attached hydrogen (secondary N) is 1. The first-order chi connectivity index (χ1) is 9.65. The number of fused-ring (bicyclic) bond motifs is 1. The molecule has 3 rings (SSSR count). The fourth-order valence-corrected chi connectivity index (χ4v) is 1.95. The molecule has 0 saturated heterocycles. The Morgan fingerprint density at radius 1 is 1.33 bits per heavy atom. The molecule has 7 heteroatoms. The molecule has 2 aromatic heterocycles. The van der Waals surface area contributed by atoms with Gasteiger partial charge in [0.05, 0.1) is 0 Å². The summed E-state index contributed by atoms with van der Waals surface area (Å²) < 4.78 is 5.12. The number of benzene rings is 1. The van der Waals surface area contributed by atoms with Crippen molar-refractivity contribution in [2.24, 2.45) is 0 Å².